The summed E-state index contributed by atoms with van der Waals surface area (Å²) in [7, 11) is 1.79. The molecule has 0 saturated heterocycles. The molecule has 0 aliphatic heterocycles. The zero-order chi connectivity index (χ0) is 25.5. The first-order valence-electron chi connectivity index (χ1n) is 14.1. The minimum Gasteiger partial charge on any atom is -0.385 e. The van der Waals surface area contributed by atoms with Crippen LogP contribution in [0.25, 0.3) is 41.7 Å². The quantitative estimate of drug-likeness (QED) is 0.138. The molecule has 0 aliphatic rings. The molecular weight excluding hydrogens is 472 g/mol. The molecule has 2 nitrogen and oxygen atoms in total. The Bertz CT molecular complexity index is 1360. The number of thiophene rings is 1. The third-order valence-electron chi connectivity index (χ3n) is 7.49. The summed E-state index contributed by atoms with van der Waals surface area (Å²) < 4.78 is 13.9. The molecule has 0 spiro atoms. The van der Waals surface area contributed by atoms with Crippen LogP contribution >= 0.6 is 11.3 Å². The van der Waals surface area contributed by atoms with Crippen LogP contribution in [0, 0.1) is 0 Å². The van der Waals surface area contributed by atoms with Crippen LogP contribution in [0.1, 0.15) is 69.4 Å². The Hall–Kier alpha value is -2.46. The van der Waals surface area contributed by atoms with Gasteiger partial charge in [0, 0.05) is 40.5 Å². The van der Waals surface area contributed by atoms with Crippen molar-refractivity contribution in [3.05, 3.63) is 71.8 Å². The molecule has 0 N–H and O–H groups in total. The molecular formula is C34H40O2S. The van der Waals surface area contributed by atoms with Gasteiger partial charge in [-0.2, -0.15) is 0 Å². The number of benzene rings is 4. The smallest absolute Gasteiger partial charge is 0.0717 e. The summed E-state index contributed by atoms with van der Waals surface area (Å²) in [6.07, 6.45) is 11.1. The van der Waals surface area contributed by atoms with Crippen molar-refractivity contribution in [2.45, 2.75) is 71.3 Å². The van der Waals surface area contributed by atoms with Gasteiger partial charge in [-0.3, -0.25) is 0 Å². The van der Waals surface area contributed by atoms with E-state index in [1.807, 2.05) is 11.3 Å². The van der Waals surface area contributed by atoms with Gasteiger partial charge in [0.05, 0.1) is 6.61 Å². The van der Waals surface area contributed by atoms with Crippen LogP contribution in [0.2, 0.25) is 0 Å². The highest BCUT2D eigenvalue weighted by Crippen LogP contribution is 2.39. The lowest BCUT2D eigenvalue weighted by atomic mass is 9.99. The second-order valence-corrected chi connectivity index (χ2v) is 11.5. The molecule has 5 rings (SSSR count). The van der Waals surface area contributed by atoms with Crippen molar-refractivity contribution in [2.75, 3.05) is 20.3 Å². The van der Waals surface area contributed by atoms with E-state index in [0.717, 1.165) is 26.1 Å². The number of aryl methyl sites for hydroxylation is 1. The van der Waals surface area contributed by atoms with Crippen LogP contribution in [-0.4, -0.2) is 20.3 Å². The molecule has 0 fully saturated rings. The topological polar surface area (TPSA) is 18.5 Å². The summed E-state index contributed by atoms with van der Waals surface area (Å²) >= 11 is 1.92. The van der Waals surface area contributed by atoms with Crippen LogP contribution in [0.3, 0.4) is 0 Å². The van der Waals surface area contributed by atoms with Crippen LogP contribution < -0.4 is 0 Å². The molecule has 37 heavy (non-hydrogen) atoms. The van der Waals surface area contributed by atoms with Gasteiger partial charge in [0.15, 0.2) is 0 Å². The van der Waals surface area contributed by atoms with Crippen molar-refractivity contribution in [1.82, 2.24) is 0 Å². The Morgan fingerprint density at radius 2 is 1.22 bits per heavy atom. The Morgan fingerprint density at radius 1 is 0.595 bits per heavy atom. The van der Waals surface area contributed by atoms with Crippen molar-refractivity contribution >= 4 is 53.1 Å². The maximum Gasteiger partial charge on any atom is 0.0717 e. The van der Waals surface area contributed by atoms with Gasteiger partial charge in [0.2, 0.25) is 0 Å². The van der Waals surface area contributed by atoms with E-state index < -0.39 is 0 Å². The molecule has 0 atom stereocenters. The van der Waals surface area contributed by atoms with E-state index >= 15 is 0 Å². The number of methoxy groups -OCH3 is 1. The van der Waals surface area contributed by atoms with E-state index in [4.69, 9.17) is 9.47 Å². The van der Waals surface area contributed by atoms with E-state index in [9.17, 15) is 0 Å². The predicted molar refractivity (Wildman–Crippen MR) is 162 cm³/mol. The van der Waals surface area contributed by atoms with Gasteiger partial charge in [0.1, 0.15) is 0 Å². The van der Waals surface area contributed by atoms with Gasteiger partial charge in [-0.05, 0) is 88.7 Å². The molecule has 0 unspecified atom stereocenters. The van der Waals surface area contributed by atoms with E-state index in [1.54, 1.807) is 7.11 Å². The van der Waals surface area contributed by atoms with Crippen LogP contribution in [0.4, 0.5) is 0 Å². The molecule has 0 bridgehead atoms. The number of ether oxygens (including phenoxy) is 2. The number of rotatable bonds is 14. The average Bonchev–Trinajstić information content (AvgIpc) is 3.25. The summed E-state index contributed by atoms with van der Waals surface area (Å²) in [5, 5.41) is 8.05. The summed E-state index contributed by atoms with van der Waals surface area (Å²) in [6.45, 7) is 4.69. The summed E-state index contributed by atoms with van der Waals surface area (Å²) in [5.41, 5.74) is 2.71. The van der Waals surface area contributed by atoms with Gasteiger partial charge >= 0.3 is 0 Å². The van der Waals surface area contributed by atoms with Crippen LogP contribution in [0.5, 0.6) is 0 Å². The largest absolute Gasteiger partial charge is 0.385 e. The Morgan fingerprint density at radius 3 is 1.92 bits per heavy atom. The van der Waals surface area contributed by atoms with Crippen molar-refractivity contribution in [3.63, 3.8) is 0 Å². The van der Waals surface area contributed by atoms with Crippen molar-refractivity contribution in [2.24, 2.45) is 0 Å². The zero-order valence-corrected chi connectivity index (χ0v) is 23.3. The van der Waals surface area contributed by atoms with Gasteiger partial charge in [0.25, 0.3) is 0 Å². The lowest BCUT2D eigenvalue weighted by Crippen LogP contribution is -1.95. The maximum atomic E-state index is 5.95. The van der Waals surface area contributed by atoms with E-state index in [2.05, 4.69) is 67.6 Å². The molecule has 0 radical (unpaired) electrons. The van der Waals surface area contributed by atoms with Crippen LogP contribution in [-0.2, 0) is 22.5 Å². The fourth-order valence-corrected chi connectivity index (χ4v) is 6.52. The van der Waals surface area contributed by atoms with Crippen molar-refractivity contribution < 1.29 is 9.47 Å². The minimum atomic E-state index is 0.702. The lowest BCUT2D eigenvalue weighted by Gasteiger charge is -2.07. The van der Waals surface area contributed by atoms with Gasteiger partial charge in [-0.15, -0.1) is 11.3 Å². The Balaban J connectivity index is 1.33. The molecule has 1 heterocycles. The van der Waals surface area contributed by atoms with Crippen molar-refractivity contribution in [1.29, 1.82) is 0 Å². The first-order valence-corrected chi connectivity index (χ1v) is 14.9. The SMILES string of the molecule is CCCCCCOCc1ccc2cc3c(cc2c1)sc1cc2cc(CCCCCCOC)ccc2cc13. The number of hydrogen-bond donors (Lipinski definition) is 0. The fourth-order valence-electron chi connectivity index (χ4n) is 5.36. The molecule has 0 saturated carbocycles. The molecule has 0 aliphatic carbocycles. The Kier molecular flexibility index (Phi) is 9.10. The van der Waals surface area contributed by atoms with E-state index in [0.29, 0.717) is 6.61 Å². The van der Waals surface area contributed by atoms with Gasteiger partial charge < -0.3 is 9.47 Å². The third kappa shape index (κ3) is 6.52. The van der Waals surface area contributed by atoms with Crippen LogP contribution in [0.15, 0.2) is 60.7 Å². The first-order chi connectivity index (χ1) is 18.2. The van der Waals surface area contributed by atoms with Gasteiger partial charge in [-0.25, -0.2) is 0 Å². The fraction of sp³-hybridized carbons (Fsp3) is 0.412. The summed E-state index contributed by atoms with van der Waals surface area (Å²) in [4.78, 5) is 0. The number of fused-ring (bicyclic) bond motifs is 5. The minimum absolute atomic E-state index is 0.702. The second-order valence-electron chi connectivity index (χ2n) is 10.4. The number of unbranched alkanes of at least 4 members (excludes halogenated alkanes) is 6. The van der Waals surface area contributed by atoms with Crippen molar-refractivity contribution in [3.8, 4) is 0 Å². The summed E-state index contributed by atoms with van der Waals surface area (Å²) in [5.74, 6) is 0. The molecule has 0 amide bonds. The average molecular weight is 513 g/mol. The Labute approximate surface area is 225 Å². The predicted octanol–water partition coefficient (Wildman–Crippen LogP) is 10.2. The van der Waals surface area contributed by atoms with E-state index in [-0.39, 0.29) is 0 Å². The second kappa shape index (κ2) is 12.9. The number of hydrogen-bond acceptors (Lipinski definition) is 3. The van der Waals surface area contributed by atoms with E-state index in [1.165, 1.54) is 97.8 Å². The molecule has 3 heteroatoms. The monoisotopic (exact) mass is 512 g/mol. The van der Waals surface area contributed by atoms with Gasteiger partial charge in [-0.1, -0.05) is 69.4 Å². The molecule has 1 aromatic heterocycles. The standard InChI is InChI=1S/C34H40O2S/c1-3-4-5-10-17-36-24-26-13-15-28-21-32-31-20-27-14-12-25(11-8-6-7-9-16-35-2)18-29(27)22-33(31)37-34(32)23-30(28)19-26/h12-15,18-23H,3-11,16-17,24H2,1-2H3. The maximum absolute atomic E-state index is 5.95. The molecule has 5 aromatic rings. The zero-order valence-electron chi connectivity index (χ0n) is 22.5. The molecule has 194 valence electrons. The lowest BCUT2D eigenvalue weighted by molar-refractivity contribution is 0.117. The molecule has 4 aromatic carbocycles. The normalized spacial score (nSPS) is 11.9. The first kappa shape index (κ1) is 26.2. The third-order valence-corrected chi connectivity index (χ3v) is 8.61. The highest BCUT2D eigenvalue weighted by Gasteiger charge is 2.09. The highest BCUT2D eigenvalue weighted by molar-refractivity contribution is 7.26. The summed E-state index contributed by atoms with van der Waals surface area (Å²) in [6, 6.07) is 23.4. The highest BCUT2D eigenvalue weighted by atomic mass is 32.1.